The monoisotopic (exact) mass is 394 g/mol. The molecule has 0 amide bonds. The Balaban J connectivity index is 1.89. The van der Waals surface area contributed by atoms with E-state index in [1.54, 1.807) is 11.0 Å². The van der Waals surface area contributed by atoms with Gasteiger partial charge in [-0.15, -0.1) is 11.8 Å². The molecule has 2 aromatic heterocycles. The summed E-state index contributed by atoms with van der Waals surface area (Å²) in [5.74, 6) is -0.478. The third-order valence-corrected chi connectivity index (χ3v) is 5.88. The summed E-state index contributed by atoms with van der Waals surface area (Å²) in [5.41, 5.74) is -2.41. The van der Waals surface area contributed by atoms with Gasteiger partial charge < -0.3 is 5.11 Å². The van der Waals surface area contributed by atoms with Gasteiger partial charge in [0, 0.05) is 22.8 Å². The summed E-state index contributed by atoms with van der Waals surface area (Å²) in [5, 5.41) is 19.7. The highest BCUT2D eigenvalue weighted by Gasteiger charge is 2.47. The Morgan fingerprint density at radius 1 is 1.07 bits per heavy atom. The van der Waals surface area contributed by atoms with Crippen LogP contribution in [0.1, 0.15) is 19.4 Å². The molecule has 1 atom stereocenters. The Kier molecular flexibility index (Phi) is 5.56. The van der Waals surface area contributed by atoms with Crippen LogP contribution in [-0.4, -0.2) is 40.4 Å². The average Bonchev–Trinajstić information content (AvgIpc) is 3.28. The predicted octanol–water partition coefficient (Wildman–Crippen LogP) is 2.45. The maximum atomic E-state index is 14.6. The normalized spacial score (nSPS) is 14.3. The summed E-state index contributed by atoms with van der Waals surface area (Å²) in [6.07, 6.45) is 5.83. The lowest BCUT2D eigenvalue weighted by Gasteiger charge is -2.43. The second kappa shape index (κ2) is 7.73. The Bertz CT molecular complexity index is 872. The van der Waals surface area contributed by atoms with E-state index in [1.165, 1.54) is 41.5 Å². The van der Waals surface area contributed by atoms with E-state index in [4.69, 9.17) is 0 Å². The average molecular weight is 394 g/mol. The first-order valence-corrected chi connectivity index (χ1v) is 9.38. The molecule has 1 unspecified atom stereocenters. The molecule has 2 heterocycles. The molecule has 3 rings (SSSR count). The van der Waals surface area contributed by atoms with Crippen molar-refractivity contribution in [2.75, 3.05) is 5.75 Å². The quantitative estimate of drug-likeness (QED) is 0.632. The van der Waals surface area contributed by atoms with Gasteiger partial charge in [0.1, 0.15) is 42.5 Å². The number of thioether (sulfide) groups is 1. The first-order chi connectivity index (χ1) is 12.8. The zero-order chi connectivity index (χ0) is 19.5. The highest BCUT2D eigenvalue weighted by molar-refractivity contribution is 7.98. The maximum absolute atomic E-state index is 14.6. The van der Waals surface area contributed by atoms with Gasteiger partial charge in [-0.3, -0.25) is 0 Å². The Labute approximate surface area is 159 Å². The molecule has 0 saturated heterocycles. The number of nitrogens with zero attached hydrogens (tertiary/aromatic N) is 6. The van der Waals surface area contributed by atoms with Gasteiger partial charge in [0.2, 0.25) is 0 Å². The lowest BCUT2D eigenvalue weighted by Crippen LogP contribution is -2.47. The summed E-state index contributed by atoms with van der Waals surface area (Å²) in [6, 6.07) is 3.20. The topological polar surface area (TPSA) is 81.6 Å². The highest BCUT2D eigenvalue weighted by Crippen LogP contribution is 2.44. The Hall–Kier alpha value is -2.33. The molecule has 0 radical (unpaired) electrons. The van der Waals surface area contributed by atoms with Gasteiger partial charge in [-0.25, -0.2) is 28.1 Å². The van der Waals surface area contributed by atoms with Gasteiger partial charge in [-0.05, 0) is 6.07 Å². The minimum atomic E-state index is -1.64. The summed E-state index contributed by atoms with van der Waals surface area (Å²) in [7, 11) is 0. The van der Waals surface area contributed by atoms with Crippen LogP contribution in [0.5, 0.6) is 0 Å². The van der Waals surface area contributed by atoms with Crippen molar-refractivity contribution in [3.05, 3.63) is 60.7 Å². The lowest BCUT2D eigenvalue weighted by atomic mass is 9.71. The third-order valence-electron chi connectivity index (χ3n) is 4.51. The van der Waals surface area contributed by atoms with Gasteiger partial charge in [0.05, 0.1) is 12.4 Å². The van der Waals surface area contributed by atoms with E-state index in [2.05, 4.69) is 20.2 Å². The van der Waals surface area contributed by atoms with Crippen LogP contribution in [-0.2, 0) is 18.0 Å². The van der Waals surface area contributed by atoms with Crippen LogP contribution in [0.2, 0.25) is 0 Å². The van der Waals surface area contributed by atoms with Crippen LogP contribution in [0.25, 0.3) is 0 Å². The molecule has 3 aromatic rings. The van der Waals surface area contributed by atoms with Gasteiger partial charge in [0.25, 0.3) is 0 Å². The van der Waals surface area contributed by atoms with Gasteiger partial charge in [-0.1, -0.05) is 19.9 Å². The van der Waals surface area contributed by atoms with Crippen LogP contribution in [0.15, 0.2) is 43.5 Å². The van der Waals surface area contributed by atoms with Crippen LogP contribution < -0.4 is 0 Å². The van der Waals surface area contributed by atoms with Crippen LogP contribution >= 0.6 is 11.8 Å². The summed E-state index contributed by atoms with van der Waals surface area (Å²) >= 11 is 1.52. The Morgan fingerprint density at radius 2 is 1.74 bits per heavy atom. The molecular weight excluding hydrogens is 374 g/mol. The fraction of sp³-hybridized carbons (Fsp3) is 0.412. The van der Waals surface area contributed by atoms with E-state index in [-0.39, 0.29) is 12.1 Å². The van der Waals surface area contributed by atoms with E-state index < -0.39 is 22.7 Å². The largest absolute Gasteiger partial charge is 0.383 e. The Morgan fingerprint density at radius 3 is 2.33 bits per heavy atom. The smallest absolute Gasteiger partial charge is 0.137 e. The number of aliphatic hydroxyl groups is 1. The molecule has 0 bridgehead atoms. The van der Waals surface area contributed by atoms with Crippen molar-refractivity contribution in [3.63, 3.8) is 0 Å². The molecule has 1 N–H and O–H groups in total. The molecule has 144 valence electrons. The predicted molar refractivity (Wildman–Crippen MR) is 96.5 cm³/mol. The zero-order valence-corrected chi connectivity index (χ0v) is 15.8. The van der Waals surface area contributed by atoms with Crippen molar-refractivity contribution in [1.29, 1.82) is 0 Å². The number of rotatable bonds is 8. The van der Waals surface area contributed by atoms with E-state index in [1.807, 2.05) is 13.8 Å². The first-order valence-electron chi connectivity index (χ1n) is 8.22. The molecule has 7 nitrogen and oxygen atoms in total. The fourth-order valence-corrected chi connectivity index (χ4v) is 4.01. The zero-order valence-electron chi connectivity index (χ0n) is 15.0. The molecule has 0 aliphatic heterocycles. The number of aromatic nitrogens is 6. The number of hydrogen-bond acceptors (Lipinski definition) is 6. The molecule has 0 saturated carbocycles. The maximum Gasteiger partial charge on any atom is 0.137 e. The van der Waals surface area contributed by atoms with Crippen molar-refractivity contribution in [2.24, 2.45) is 5.41 Å². The second-order valence-electron chi connectivity index (χ2n) is 6.87. The van der Waals surface area contributed by atoms with Gasteiger partial charge in [-0.2, -0.15) is 10.2 Å². The summed E-state index contributed by atoms with van der Waals surface area (Å²) in [6.45, 7) is 3.65. The van der Waals surface area contributed by atoms with Crippen molar-refractivity contribution in [3.8, 4) is 0 Å². The van der Waals surface area contributed by atoms with Crippen molar-refractivity contribution in [1.82, 2.24) is 29.5 Å². The molecule has 27 heavy (non-hydrogen) atoms. The lowest BCUT2D eigenvalue weighted by molar-refractivity contribution is -0.0805. The minimum absolute atomic E-state index is 0.0192. The molecule has 0 spiro atoms. The van der Waals surface area contributed by atoms with E-state index in [0.717, 1.165) is 12.1 Å². The molecule has 0 aliphatic rings. The summed E-state index contributed by atoms with van der Waals surface area (Å²) < 4.78 is 31.1. The van der Waals surface area contributed by atoms with Gasteiger partial charge in [0.15, 0.2) is 0 Å². The second-order valence-corrected chi connectivity index (χ2v) is 7.83. The van der Waals surface area contributed by atoms with Crippen molar-refractivity contribution < 1.29 is 13.9 Å². The van der Waals surface area contributed by atoms with E-state index in [9.17, 15) is 13.9 Å². The van der Waals surface area contributed by atoms with Crippen LogP contribution in [0.4, 0.5) is 8.78 Å². The standard InChI is InChI=1S/C17H20F2N6OS/c1-16(2,7-27-12-25-11-21-9-23-25)17(26,6-24-10-20-8-22-24)14-4-3-13(18)5-15(14)19/h3-5,8-11,26H,6-7,12H2,1-2H3. The summed E-state index contributed by atoms with van der Waals surface area (Å²) in [4.78, 5) is 7.77. The van der Waals surface area contributed by atoms with E-state index in [0.29, 0.717) is 11.6 Å². The highest BCUT2D eigenvalue weighted by atomic mass is 32.2. The van der Waals surface area contributed by atoms with Crippen molar-refractivity contribution >= 4 is 11.8 Å². The number of halogens is 2. The van der Waals surface area contributed by atoms with E-state index >= 15 is 0 Å². The van der Waals surface area contributed by atoms with Crippen LogP contribution in [0.3, 0.4) is 0 Å². The number of hydrogen-bond donors (Lipinski definition) is 1. The molecule has 1 aromatic carbocycles. The van der Waals surface area contributed by atoms with Gasteiger partial charge >= 0.3 is 0 Å². The minimum Gasteiger partial charge on any atom is -0.383 e. The fourth-order valence-electron chi connectivity index (χ4n) is 2.85. The van der Waals surface area contributed by atoms with Crippen molar-refractivity contribution in [2.45, 2.75) is 31.9 Å². The van der Waals surface area contributed by atoms with Crippen LogP contribution in [0, 0.1) is 17.0 Å². The third kappa shape index (κ3) is 4.16. The first kappa shape index (κ1) is 19.4. The molecule has 0 aliphatic carbocycles. The molecule has 10 heteroatoms. The molecule has 0 fully saturated rings. The molecular formula is C17H20F2N6OS. The number of benzene rings is 1. The SMILES string of the molecule is CC(C)(CSCn1cncn1)C(O)(Cn1cncn1)c1ccc(F)cc1F.